The highest BCUT2D eigenvalue weighted by molar-refractivity contribution is 5.84. The van der Waals surface area contributed by atoms with E-state index in [-0.39, 0.29) is 5.97 Å². The zero-order chi connectivity index (χ0) is 24.8. The normalized spacial score (nSPS) is 10.3. The van der Waals surface area contributed by atoms with Crippen LogP contribution in [0.15, 0.2) is 42.5 Å². The van der Waals surface area contributed by atoms with Gasteiger partial charge in [-0.3, -0.25) is 4.79 Å². The molecule has 2 rings (SSSR count). The van der Waals surface area contributed by atoms with Crippen LogP contribution in [-0.4, -0.2) is 5.97 Å². The first-order chi connectivity index (χ1) is 17.3. The van der Waals surface area contributed by atoms with Crippen LogP contribution in [0.3, 0.4) is 0 Å². The van der Waals surface area contributed by atoms with E-state index in [1.54, 1.807) is 0 Å². The number of fused-ring (bicyclic) bond motifs is 1. The number of benzene rings is 2. The molecule has 0 aliphatic heterocycles. The van der Waals surface area contributed by atoms with E-state index in [9.17, 15) is 4.79 Å². The molecule has 0 aliphatic rings. The van der Waals surface area contributed by atoms with E-state index in [1.165, 1.54) is 64.2 Å². The summed E-state index contributed by atoms with van der Waals surface area (Å²) in [6, 6.07) is 13.9. The summed E-state index contributed by atoms with van der Waals surface area (Å²) in [4.78, 5) is 12.1. The van der Waals surface area contributed by atoms with E-state index in [1.807, 2.05) is 36.4 Å². The summed E-state index contributed by atoms with van der Waals surface area (Å²) in [7, 11) is 0. The Morgan fingerprint density at radius 2 is 1.20 bits per heavy atom. The van der Waals surface area contributed by atoms with Gasteiger partial charge >= 0.3 is 5.97 Å². The maximum atomic E-state index is 12.1. The Balaban J connectivity index is 1.38. The third-order valence-electron chi connectivity index (χ3n) is 6.28. The number of ether oxygens (including phenoxy) is 1. The van der Waals surface area contributed by atoms with E-state index < -0.39 is 0 Å². The van der Waals surface area contributed by atoms with Crippen molar-refractivity contribution >= 4 is 16.7 Å². The second kappa shape index (κ2) is 19.6. The van der Waals surface area contributed by atoms with Crippen molar-refractivity contribution in [2.75, 3.05) is 0 Å². The van der Waals surface area contributed by atoms with Gasteiger partial charge in [-0.2, -0.15) is 0 Å². The van der Waals surface area contributed by atoms with Crippen molar-refractivity contribution in [3.63, 3.8) is 0 Å². The smallest absolute Gasteiger partial charge is 0.311 e. The number of carbonyl (C=O) groups excluding carboxylic acids is 1. The molecule has 0 unspecified atom stereocenters. The molecule has 0 spiro atoms. The SMILES string of the molecule is CCCCCCCCCCC#CC#CCCCCCCCCC(=O)Oc1ccc2ccccc2c1. The van der Waals surface area contributed by atoms with Crippen LogP contribution in [0.2, 0.25) is 0 Å². The number of carbonyl (C=O) groups is 1. The lowest BCUT2D eigenvalue weighted by atomic mass is 10.1. The summed E-state index contributed by atoms with van der Waals surface area (Å²) in [5.41, 5.74) is 0. The largest absolute Gasteiger partial charge is 0.427 e. The summed E-state index contributed by atoms with van der Waals surface area (Å²) in [6.45, 7) is 2.26. The predicted octanol–water partition coefficient (Wildman–Crippen LogP) is 9.40. The highest BCUT2D eigenvalue weighted by Crippen LogP contribution is 2.21. The van der Waals surface area contributed by atoms with Gasteiger partial charge in [-0.15, -0.1) is 0 Å². The summed E-state index contributed by atoms with van der Waals surface area (Å²) in [5.74, 6) is 12.9. The number of esters is 1. The van der Waals surface area contributed by atoms with Gasteiger partial charge in [-0.1, -0.05) is 120 Å². The molecule has 35 heavy (non-hydrogen) atoms. The summed E-state index contributed by atoms with van der Waals surface area (Å²) in [5, 5.41) is 2.24. The first-order valence-corrected chi connectivity index (χ1v) is 13.9. The highest BCUT2D eigenvalue weighted by Gasteiger charge is 2.05. The molecule has 0 aliphatic carbocycles. The van der Waals surface area contributed by atoms with Crippen molar-refractivity contribution in [1.82, 2.24) is 0 Å². The Labute approximate surface area is 214 Å². The van der Waals surface area contributed by atoms with E-state index in [0.29, 0.717) is 12.2 Å². The molecule has 2 heteroatoms. The van der Waals surface area contributed by atoms with E-state index in [4.69, 9.17) is 4.74 Å². The molecule has 0 saturated heterocycles. The van der Waals surface area contributed by atoms with Gasteiger partial charge in [-0.25, -0.2) is 0 Å². The predicted molar refractivity (Wildman–Crippen MR) is 149 cm³/mol. The number of hydrogen-bond donors (Lipinski definition) is 0. The Morgan fingerprint density at radius 1 is 0.657 bits per heavy atom. The third kappa shape index (κ3) is 14.3. The van der Waals surface area contributed by atoms with Crippen molar-refractivity contribution in [2.45, 2.75) is 116 Å². The molecular formula is C33H44O2. The third-order valence-corrected chi connectivity index (χ3v) is 6.28. The second-order valence-electron chi connectivity index (χ2n) is 9.43. The van der Waals surface area contributed by atoms with Crippen molar-refractivity contribution in [3.05, 3.63) is 42.5 Å². The van der Waals surface area contributed by atoms with Crippen molar-refractivity contribution in [3.8, 4) is 29.4 Å². The van der Waals surface area contributed by atoms with Crippen LogP contribution in [0, 0.1) is 23.7 Å². The van der Waals surface area contributed by atoms with Gasteiger partial charge in [0.15, 0.2) is 0 Å². The number of unbranched alkanes of at least 4 members (excludes halogenated alkanes) is 14. The lowest BCUT2D eigenvalue weighted by Crippen LogP contribution is -2.07. The maximum absolute atomic E-state index is 12.1. The molecule has 0 amide bonds. The summed E-state index contributed by atoms with van der Waals surface area (Å²) in [6.07, 6.45) is 19.8. The first-order valence-electron chi connectivity index (χ1n) is 13.9. The zero-order valence-electron chi connectivity index (χ0n) is 21.9. The van der Waals surface area contributed by atoms with Crippen molar-refractivity contribution in [1.29, 1.82) is 0 Å². The minimum Gasteiger partial charge on any atom is -0.427 e. The summed E-state index contributed by atoms with van der Waals surface area (Å²) < 4.78 is 5.50. The van der Waals surface area contributed by atoms with Crippen LogP contribution in [0.1, 0.15) is 116 Å². The Bertz CT molecular complexity index is 967. The van der Waals surface area contributed by atoms with Crippen molar-refractivity contribution in [2.24, 2.45) is 0 Å². The average molecular weight is 473 g/mol. The molecule has 0 bridgehead atoms. The monoisotopic (exact) mass is 472 g/mol. The molecule has 2 nitrogen and oxygen atoms in total. The lowest BCUT2D eigenvalue weighted by molar-refractivity contribution is -0.134. The zero-order valence-corrected chi connectivity index (χ0v) is 21.9. The fourth-order valence-electron chi connectivity index (χ4n) is 4.16. The minimum atomic E-state index is -0.140. The molecule has 0 heterocycles. The molecule has 0 radical (unpaired) electrons. The number of hydrogen-bond acceptors (Lipinski definition) is 2. The Kier molecular flexibility index (Phi) is 16.0. The molecule has 188 valence electrons. The average Bonchev–Trinajstić information content (AvgIpc) is 2.87. The van der Waals surface area contributed by atoms with Gasteiger partial charge in [0.25, 0.3) is 0 Å². The van der Waals surface area contributed by atoms with Gasteiger partial charge in [-0.05, 0) is 54.0 Å². The van der Waals surface area contributed by atoms with Crippen LogP contribution in [-0.2, 0) is 4.79 Å². The molecule has 0 fully saturated rings. The summed E-state index contributed by atoms with van der Waals surface area (Å²) >= 11 is 0. The lowest BCUT2D eigenvalue weighted by Gasteiger charge is -2.06. The molecule has 0 atom stereocenters. The second-order valence-corrected chi connectivity index (χ2v) is 9.43. The van der Waals surface area contributed by atoms with Gasteiger partial charge in [0.2, 0.25) is 0 Å². The molecule has 2 aromatic rings. The van der Waals surface area contributed by atoms with E-state index in [2.05, 4.69) is 36.7 Å². The van der Waals surface area contributed by atoms with Gasteiger partial charge in [0.05, 0.1) is 0 Å². The quantitative estimate of drug-likeness (QED) is 0.0991. The number of rotatable bonds is 17. The van der Waals surface area contributed by atoms with Crippen LogP contribution >= 0.6 is 0 Å². The fraction of sp³-hybridized carbons (Fsp3) is 0.545. The molecule has 2 aromatic carbocycles. The first kappa shape index (κ1) is 28.5. The van der Waals surface area contributed by atoms with Gasteiger partial charge in [0, 0.05) is 19.3 Å². The van der Waals surface area contributed by atoms with Crippen LogP contribution in [0.4, 0.5) is 0 Å². The van der Waals surface area contributed by atoms with E-state index >= 15 is 0 Å². The Hall–Kier alpha value is -2.71. The maximum Gasteiger partial charge on any atom is 0.311 e. The van der Waals surface area contributed by atoms with Crippen LogP contribution in [0.5, 0.6) is 5.75 Å². The molecule has 0 N–H and O–H groups in total. The molecule has 0 aromatic heterocycles. The van der Waals surface area contributed by atoms with Gasteiger partial charge < -0.3 is 4.74 Å². The topological polar surface area (TPSA) is 26.3 Å². The van der Waals surface area contributed by atoms with Crippen LogP contribution < -0.4 is 4.74 Å². The highest BCUT2D eigenvalue weighted by atomic mass is 16.5. The Morgan fingerprint density at radius 3 is 1.83 bits per heavy atom. The minimum absolute atomic E-state index is 0.140. The van der Waals surface area contributed by atoms with Crippen molar-refractivity contribution < 1.29 is 9.53 Å². The van der Waals surface area contributed by atoms with E-state index in [0.717, 1.165) is 49.3 Å². The molecular weight excluding hydrogens is 428 g/mol. The fourth-order valence-corrected chi connectivity index (χ4v) is 4.16. The molecule has 0 saturated carbocycles. The van der Waals surface area contributed by atoms with Crippen LogP contribution in [0.25, 0.3) is 10.8 Å². The standard InChI is InChI=1S/C33H44O2/c1-2-3-4-5-6-7-8-9-10-11-12-13-14-15-16-17-18-19-20-21-26-33(34)35-32-28-27-30-24-22-23-25-31(30)29-32/h22-25,27-29H,2-10,15-21,26H2,1H3. The van der Waals surface area contributed by atoms with Gasteiger partial charge in [0.1, 0.15) is 5.75 Å².